The first-order chi connectivity index (χ1) is 9.51. The number of piperidine rings is 1. The molecule has 1 N–H and O–H groups in total. The van der Waals surface area contributed by atoms with Crippen molar-refractivity contribution in [3.63, 3.8) is 0 Å². The average molecular weight is 294 g/mol. The van der Waals surface area contributed by atoms with Crippen LogP contribution in [0.4, 0.5) is 0 Å². The first-order valence-electron chi connectivity index (χ1n) is 7.05. The SMILES string of the molecule is CNC(=O)C1CCCN(CC(=O)c2cc(C)sc2C)C1. The topological polar surface area (TPSA) is 49.4 Å². The summed E-state index contributed by atoms with van der Waals surface area (Å²) in [5, 5.41) is 2.70. The van der Waals surface area contributed by atoms with Gasteiger partial charge < -0.3 is 5.32 Å². The van der Waals surface area contributed by atoms with E-state index in [4.69, 9.17) is 0 Å². The van der Waals surface area contributed by atoms with E-state index < -0.39 is 0 Å². The van der Waals surface area contributed by atoms with Crippen LogP contribution in [0.2, 0.25) is 0 Å². The normalized spacial score (nSPS) is 19.9. The lowest BCUT2D eigenvalue weighted by atomic mass is 9.96. The Morgan fingerprint density at radius 1 is 1.45 bits per heavy atom. The number of rotatable bonds is 4. The van der Waals surface area contributed by atoms with Gasteiger partial charge in [-0.25, -0.2) is 0 Å². The van der Waals surface area contributed by atoms with Gasteiger partial charge in [0, 0.05) is 28.9 Å². The minimum atomic E-state index is 0.0202. The zero-order chi connectivity index (χ0) is 14.7. The van der Waals surface area contributed by atoms with Crippen molar-refractivity contribution in [3.05, 3.63) is 21.4 Å². The number of carbonyl (C=O) groups is 2. The highest BCUT2D eigenvalue weighted by Gasteiger charge is 2.26. The van der Waals surface area contributed by atoms with Gasteiger partial charge >= 0.3 is 0 Å². The third-order valence-corrected chi connectivity index (χ3v) is 4.80. The highest BCUT2D eigenvalue weighted by Crippen LogP contribution is 2.22. The molecule has 20 heavy (non-hydrogen) atoms. The van der Waals surface area contributed by atoms with Crippen LogP contribution in [0.15, 0.2) is 6.07 Å². The van der Waals surface area contributed by atoms with Crippen molar-refractivity contribution in [2.45, 2.75) is 26.7 Å². The summed E-state index contributed by atoms with van der Waals surface area (Å²) in [4.78, 5) is 28.4. The first-order valence-corrected chi connectivity index (χ1v) is 7.87. The summed E-state index contributed by atoms with van der Waals surface area (Å²) in [5.74, 6) is 0.279. The van der Waals surface area contributed by atoms with Gasteiger partial charge in [0.05, 0.1) is 12.5 Å². The van der Waals surface area contributed by atoms with Crippen molar-refractivity contribution in [2.24, 2.45) is 5.92 Å². The number of ketones is 1. The van der Waals surface area contributed by atoms with Gasteiger partial charge in [-0.3, -0.25) is 14.5 Å². The summed E-state index contributed by atoms with van der Waals surface area (Å²) in [7, 11) is 1.67. The maximum absolute atomic E-state index is 12.4. The quantitative estimate of drug-likeness (QED) is 0.864. The highest BCUT2D eigenvalue weighted by molar-refractivity contribution is 7.12. The van der Waals surface area contributed by atoms with E-state index in [-0.39, 0.29) is 17.6 Å². The van der Waals surface area contributed by atoms with Crippen molar-refractivity contribution in [3.8, 4) is 0 Å². The fourth-order valence-corrected chi connectivity index (χ4v) is 3.76. The van der Waals surface area contributed by atoms with Crippen molar-refractivity contribution in [1.82, 2.24) is 10.2 Å². The van der Waals surface area contributed by atoms with Crippen LogP contribution in [-0.4, -0.2) is 43.3 Å². The third kappa shape index (κ3) is 3.46. The Morgan fingerprint density at radius 3 is 2.80 bits per heavy atom. The van der Waals surface area contributed by atoms with E-state index in [1.807, 2.05) is 19.9 Å². The van der Waals surface area contributed by atoms with Crippen LogP contribution in [-0.2, 0) is 4.79 Å². The summed E-state index contributed by atoms with van der Waals surface area (Å²) in [6, 6.07) is 1.97. The number of hydrogen-bond donors (Lipinski definition) is 1. The van der Waals surface area contributed by atoms with Crippen molar-refractivity contribution >= 4 is 23.0 Å². The molecule has 4 nitrogen and oxygen atoms in total. The second-order valence-electron chi connectivity index (χ2n) is 5.44. The Bertz CT molecular complexity index is 510. The van der Waals surface area contributed by atoms with Gasteiger partial charge in [0.1, 0.15) is 0 Å². The second kappa shape index (κ2) is 6.50. The molecule has 5 heteroatoms. The summed E-state index contributed by atoms with van der Waals surface area (Å²) in [5.41, 5.74) is 0.842. The molecule has 2 heterocycles. The maximum atomic E-state index is 12.4. The van der Waals surface area contributed by atoms with E-state index in [2.05, 4.69) is 10.2 Å². The lowest BCUT2D eigenvalue weighted by Gasteiger charge is -2.31. The molecule has 2 rings (SSSR count). The van der Waals surface area contributed by atoms with Gasteiger partial charge in [0.25, 0.3) is 0 Å². The molecule has 1 aliphatic heterocycles. The van der Waals surface area contributed by atoms with E-state index in [9.17, 15) is 9.59 Å². The van der Waals surface area contributed by atoms with Crippen LogP contribution in [0.3, 0.4) is 0 Å². The Hall–Kier alpha value is -1.20. The molecule has 0 bridgehead atoms. The molecule has 0 spiro atoms. The highest BCUT2D eigenvalue weighted by atomic mass is 32.1. The molecule has 0 aromatic carbocycles. The van der Waals surface area contributed by atoms with E-state index in [0.717, 1.165) is 29.8 Å². The van der Waals surface area contributed by atoms with Gasteiger partial charge in [-0.2, -0.15) is 0 Å². The molecule has 0 saturated carbocycles. The molecule has 1 amide bonds. The molecule has 1 fully saturated rings. The van der Waals surface area contributed by atoms with Gasteiger partial charge in [-0.1, -0.05) is 0 Å². The number of aryl methyl sites for hydroxylation is 2. The molecule has 1 atom stereocenters. The van der Waals surface area contributed by atoms with Crippen molar-refractivity contribution < 1.29 is 9.59 Å². The molecule has 1 aromatic heterocycles. The Labute approximate surface area is 124 Å². The number of nitrogens with one attached hydrogen (secondary N) is 1. The summed E-state index contributed by atoms with van der Waals surface area (Å²) in [6.07, 6.45) is 1.90. The third-order valence-electron chi connectivity index (χ3n) is 3.83. The summed E-state index contributed by atoms with van der Waals surface area (Å²) in [6.45, 7) is 6.03. The smallest absolute Gasteiger partial charge is 0.224 e. The molecule has 110 valence electrons. The van der Waals surface area contributed by atoms with Crippen molar-refractivity contribution in [2.75, 3.05) is 26.7 Å². The molecule has 1 unspecified atom stereocenters. The fraction of sp³-hybridized carbons (Fsp3) is 0.600. The maximum Gasteiger partial charge on any atom is 0.224 e. The largest absolute Gasteiger partial charge is 0.359 e. The lowest BCUT2D eigenvalue weighted by molar-refractivity contribution is -0.126. The van der Waals surface area contributed by atoms with E-state index in [1.54, 1.807) is 18.4 Å². The number of hydrogen-bond acceptors (Lipinski definition) is 4. The zero-order valence-corrected chi connectivity index (χ0v) is 13.2. The van der Waals surface area contributed by atoms with Crippen LogP contribution in [0, 0.1) is 19.8 Å². The van der Waals surface area contributed by atoms with Crippen molar-refractivity contribution in [1.29, 1.82) is 0 Å². The Kier molecular flexibility index (Phi) is 4.94. The van der Waals surface area contributed by atoms with Gasteiger partial charge in [-0.15, -0.1) is 11.3 Å². The van der Waals surface area contributed by atoms with Crippen LogP contribution in [0.5, 0.6) is 0 Å². The molecule has 0 radical (unpaired) electrons. The number of carbonyl (C=O) groups excluding carboxylic acids is 2. The molecular formula is C15H22N2O2S. The Morgan fingerprint density at radius 2 is 2.20 bits per heavy atom. The summed E-state index contributed by atoms with van der Waals surface area (Å²) >= 11 is 1.67. The minimum absolute atomic E-state index is 0.0202. The number of Topliss-reactive ketones (excluding diaryl/α,β-unsaturated/α-hetero) is 1. The van der Waals surface area contributed by atoms with E-state index in [0.29, 0.717) is 13.1 Å². The Balaban J connectivity index is 1.97. The second-order valence-corrected chi connectivity index (χ2v) is 6.90. The minimum Gasteiger partial charge on any atom is -0.359 e. The average Bonchev–Trinajstić information content (AvgIpc) is 2.77. The van der Waals surface area contributed by atoms with Gasteiger partial charge in [0.2, 0.25) is 5.91 Å². The first kappa shape index (κ1) is 15.2. The molecule has 1 saturated heterocycles. The number of thiophene rings is 1. The number of amides is 1. The van der Waals surface area contributed by atoms with Crippen LogP contribution < -0.4 is 5.32 Å². The van der Waals surface area contributed by atoms with E-state index >= 15 is 0 Å². The van der Waals surface area contributed by atoms with Crippen LogP contribution in [0.1, 0.15) is 33.0 Å². The summed E-state index contributed by atoms with van der Waals surface area (Å²) < 4.78 is 0. The van der Waals surface area contributed by atoms with Gasteiger partial charge in [0.15, 0.2) is 5.78 Å². The predicted molar refractivity (Wildman–Crippen MR) is 81.4 cm³/mol. The molecule has 1 aromatic rings. The standard InChI is InChI=1S/C15H22N2O2S/c1-10-7-13(11(2)20-10)14(18)9-17-6-4-5-12(8-17)15(19)16-3/h7,12H,4-6,8-9H2,1-3H3,(H,16,19). The van der Waals surface area contributed by atoms with E-state index in [1.165, 1.54) is 4.88 Å². The fourth-order valence-electron chi connectivity index (χ4n) is 2.81. The molecular weight excluding hydrogens is 272 g/mol. The van der Waals surface area contributed by atoms with Crippen LogP contribution >= 0.6 is 11.3 Å². The predicted octanol–water partition coefficient (Wildman–Crippen LogP) is 2.01. The molecule has 1 aliphatic rings. The van der Waals surface area contributed by atoms with Gasteiger partial charge in [-0.05, 0) is 39.3 Å². The monoisotopic (exact) mass is 294 g/mol. The number of likely N-dealkylation sites (tertiary alicyclic amines) is 1. The van der Waals surface area contributed by atoms with Crippen LogP contribution in [0.25, 0.3) is 0 Å². The number of nitrogens with zero attached hydrogens (tertiary/aromatic N) is 1. The molecule has 0 aliphatic carbocycles. The lowest BCUT2D eigenvalue weighted by Crippen LogP contribution is -2.44. The zero-order valence-electron chi connectivity index (χ0n) is 12.4.